The van der Waals surface area contributed by atoms with Crippen molar-refractivity contribution in [3.8, 4) is 0 Å². The summed E-state index contributed by atoms with van der Waals surface area (Å²) in [6, 6.07) is 0.268. The van der Waals surface area contributed by atoms with Crippen molar-refractivity contribution in [2.24, 2.45) is 5.92 Å². The van der Waals surface area contributed by atoms with Gasteiger partial charge in [0.1, 0.15) is 0 Å². The largest absolute Gasteiger partial charge is 0.392 e. The Bertz CT molecular complexity index is 213. The minimum Gasteiger partial charge on any atom is -0.392 e. The molecule has 1 rings (SSSR count). The van der Waals surface area contributed by atoms with Crippen LogP contribution in [0.15, 0.2) is 0 Å². The van der Waals surface area contributed by atoms with Crippen LogP contribution in [0.1, 0.15) is 34.1 Å². The summed E-state index contributed by atoms with van der Waals surface area (Å²) in [7, 11) is 0. The maximum atomic E-state index is 11.9. The molecule has 1 saturated heterocycles. The number of rotatable bonds is 3. The zero-order valence-electron chi connectivity index (χ0n) is 9.53. The number of carbonyl (C=O) groups excluding carboxylic acids is 1. The molecule has 0 aromatic heterocycles. The van der Waals surface area contributed by atoms with Crippen molar-refractivity contribution in [1.29, 1.82) is 0 Å². The van der Waals surface area contributed by atoms with Crippen molar-refractivity contribution in [2.45, 2.75) is 52.3 Å². The number of likely N-dealkylation sites (tertiary alicyclic amines) is 1. The highest BCUT2D eigenvalue weighted by atomic mass is 16.3. The van der Waals surface area contributed by atoms with Gasteiger partial charge in [-0.25, -0.2) is 0 Å². The average Bonchev–Trinajstić information content (AvgIpc) is 2.45. The van der Waals surface area contributed by atoms with Gasteiger partial charge in [0.25, 0.3) is 0 Å². The lowest BCUT2D eigenvalue weighted by Gasteiger charge is -2.27. The van der Waals surface area contributed by atoms with E-state index in [0.29, 0.717) is 19.0 Å². The second-order valence-electron chi connectivity index (χ2n) is 4.75. The maximum Gasteiger partial charge on any atom is 0.152 e. The summed E-state index contributed by atoms with van der Waals surface area (Å²) in [5.74, 6) is 0.321. The van der Waals surface area contributed by atoms with Crippen molar-refractivity contribution in [1.82, 2.24) is 4.90 Å². The first kappa shape index (κ1) is 11.7. The summed E-state index contributed by atoms with van der Waals surface area (Å²) in [5.41, 5.74) is 0. The molecule has 1 N–H and O–H groups in total. The van der Waals surface area contributed by atoms with Gasteiger partial charge in [-0.05, 0) is 20.3 Å². The van der Waals surface area contributed by atoms with Crippen LogP contribution in [0.2, 0.25) is 0 Å². The van der Waals surface area contributed by atoms with Crippen LogP contribution in [0.4, 0.5) is 0 Å². The molecule has 0 aromatic carbocycles. The van der Waals surface area contributed by atoms with E-state index in [-0.39, 0.29) is 23.8 Å². The molecule has 3 nitrogen and oxygen atoms in total. The zero-order chi connectivity index (χ0) is 10.9. The second-order valence-corrected chi connectivity index (χ2v) is 4.75. The number of β-amino-alcohol motifs (C(OH)–C–C–N with tert-alkyl or cyclic N) is 1. The topological polar surface area (TPSA) is 40.5 Å². The number of carbonyl (C=O) groups is 1. The summed E-state index contributed by atoms with van der Waals surface area (Å²) < 4.78 is 0. The normalized spacial score (nSPS) is 29.1. The van der Waals surface area contributed by atoms with Gasteiger partial charge in [-0.2, -0.15) is 0 Å². The number of aliphatic hydroxyl groups excluding tert-OH is 1. The summed E-state index contributed by atoms with van der Waals surface area (Å²) in [5, 5.41) is 9.56. The molecule has 14 heavy (non-hydrogen) atoms. The van der Waals surface area contributed by atoms with Crippen LogP contribution in [-0.2, 0) is 4.79 Å². The van der Waals surface area contributed by atoms with Gasteiger partial charge in [0.15, 0.2) is 5.78 Å². The molecule has 3 heteroatoms. The van der Waals surface area contributed by atoms with Gasteiger partial charge < -0.3 is 5.11 Å². The van der Waals surface area contributed by atoms with E-state index < -0.39 is 0 Å². The number of aliphatic hydroxyl groups is 1. The molecule has 1 heterocycles. The minimum absolute atomic E-state index is 0.0616. The molecule has 2 atom stereocenters. The van der Waals surface area contributed by atoms with Gasteiger partial charge in [-0.1, -0.05) is 13.8 Å². The molecule has 0 unspecified atom stereocenters. The lowest BCUT2D eigenvalue weighted by atomic mass is 9.99. The number of hydrogen-bond donors (Lipinski definition) is 1. The molecule has 0 spiro atoms. The minimum atomic E-state index is -0.329. The highest BCUT2D eigenvalue weighted by molar-refractivity contribution is 5.86. The Hall–Kier alpha value is -0.410. The van der Waals surface area contributed by atoms with E-state index in [1.54, 1.807) is 0 Å². The average molecular weight is 199 g/mol. The van der Waals surface area contributed by atoms with E-state index in [1.807, 2.05) is 13.8 Å². The highest BCUT2D eigenvalue weighted by Crippen LogP contribution is 2.23. The Labute approximate surface area is 86.1 Å². The molecule has 1 aliphatic rings. The second kappa shape index (κ2) is 4.41. The number of Topliss-reactive ketones (excluding diaryl/α,β-unsaturated/α-hetero) is 1. The highest BCUT2D eigenvalue weighted by Gasteiger charge is 2.37. The standard InChI is InChI=1S/C11H21NO2/c1-7(2)11(14)10-5-9(13)6-12(10)8(3)4/h7-10,13H,5-6H2,1-4H3/t9-,10+/m0/s1. The molecule has 0 saturated carbocycles. The third-order valence-electron chi connectivity index (χ3n) is 2.88. The van der Waals surface area contributed by atoms with E-state index in [9.17, 15) is 9.90 Å². The smallest absolute Gasteiger partial charge is 0.152 e. The zero-order valence-corrected chi connectivity index (χ0v) is 9.53. The molecule has 0 aromatic rings. The molecule has 0 aliphatic carbocycles. The lowest BCUT2D eigenvalue weighted by molar-refractivity contribution is -0.126. The van der Waals surface area contributed by atoms with Crippen LogP contribution in [-0.4, -0.2) is 40.5 Å². The third kappa shape index (κ3) is 2.34. The van der Waals surface area contributed by atoms with Crippen molar-refractivity contribution >= 4 is 5.78 Å². The van der Waals surface area contributed by atoms with E-state index in [4.69, 9.17) is 0 Å². The molecular weight excluding hydrogens is 178 g/mol. The molecule has 0 bridgehead atoms. The molecule has 0 radical (unpaired) electrons. The fourth-order valence-electron chi connectivity index (χ4n) is 2.07. The van der Waals surface area contributed by atoms with Gasteiger partial charge in [-0.3, -0.25) is 9.69 Å². The Morgan fingerprint density at radius 2 is 1.93 bits per heavy atom. The third-order valence-corrected chi connectivity index (χ3v) is 2.88. The van der Waals surface area contributed by atoms with E-state index in [2.05, 4.69) is 18.7 Å². The van der Waals surface area contributed by atoms with Crippen LogP contribution < -0.4 is 0 Å². The van der Waals surface area contributed by atoms with E-state index >= 15 is 0 Å². The molecule has 0 amide bonds. The van der Waals surface area contributed by atoms with Crippen molar-refractivity contribution in [3.05, 3.63) is 0 Å². The first-order valence-electron chi connectivity index (χ1n) is 5.41. The Morgan fingerprint density at radius 3 is 2.36 bits per heavy atom. The van der Waals surface area contributed by atoms with Crippen molar-refractivity contribution < 1.29 is 9.90 Å². The number of nitrogens with zero attached hydrogens (tertiary/aromatic N) is 1. The van der Waals surface area contributed by atoms with Crippen molar-refractivity contribution in [3.63, 3.8) is 0 Å². The van der Waals surface area contributed by atoms with Crippen molar-refractivity contribution in [2.75, 3.05) is 6.54 Å². The summed E-state index contributed by atoms with van der Waals surface area (Å²) in [6.45, 7) is 8.62. The van der Waals surface area contributed by atoms with E-state index in [0.717, 1.165) is 0 Å². The van der Waals surface area contributed by atoms with E-state index in [1.165, 1.54) is 0 Å². The Balaban J connectivity index is 2.71. The SMILES string of the molecule is CC(C)C(=O)[C@H]1C[C@H](O)CN1C(C)C. The molecule has 1 aliphatic heterocycles. The predicted molar refractivity (Wildman–Crippen MR) is 56.1 cm³/mol. The first-order valence-corrected chi connectivity index (χ1v) is 5.41. The van der Waals surface area contributed by atoms with Gasteiger partial charge in [0.2, 0.25) is 0 Å². The number of hydrogen-bond acceptors (Lipinski definition) is 3. The summed E-state index contributed by atoms with van der Waals surface area (Å²) >= 11 is 0. The predicted octanol–water partition coefficient (Wildman–Crippen LogP) is 1.06. The quantitative estimate of drug-likeness (QED) is 0.738. The van der Waals surface area contributed by atoms with Gasteiger partial charge >= 0.3 is 0 Å². The van der Waals surface area contributed by atoms with Crippen LogP contribution in [0.5, 0.6) is 0 Å². The molecule has 1 fully saturated rings. The fourth-order valence-corrected chi connectivity index (χ4v) is 2.07. The van der Waals surface area contributed by atoms with Gasteiger partial charge in [0.05, 0.1) is 12.1 Å². The van der Waals surface area contributed by atoms with Crippen LogP contribution in [0.3, 0.4) is 0 Å². The summed E-state index contributed by atoms with van der Waals surface area (Å²) in [4.78, 5) is 14.0. The van der Waals surface area contributed by atoms with Gasteiger partial charge in [0, 0.05) is 18.5 Å². The van der Waals surface area contributed by atoms with Crippen LogP contribution in [0.25, 0.3) is 0 Å². The lowest BCUT2D eigenvalue weighted by Crippen LogP contribution is -2.42. The molecule has 82 valence electrons. The van der Waals surface area contributed by atoms with Crippen LogP contribution >= 0.6 is 0 Å². The first-order chi connectivity index (χ1) is 6.43. The van der Waals surface area contributed by atoms with Crippen LogP contribution in [0, 0.1) is 5.92 Å². The van der Waals surface area contributed by atoms with Gasteiger partial charge in [-0.15, -0.1) is 0 Å². The summed E-state index contributed by atoms with van der Waals surface area (Å²) in [6.07, 6.45) is 0.278. The monoisotopic (exact) mass is 199 g/mol. The Kier molecular flexibility index (Phi) is 3.67. The Morgan fingerprint density at radius 1 is 1.36 bits per heavy atom. The maximum absolute atomic E-state index is 11.9. The molecular formula is C11H21NO2. The fraction of sp³-hybridized carbons (Fsp3) is 0.909. The number of ketones is 1.